The van der Waals surface area contributed by atoms with Crippen LogP contribution in [-0.2, 0) is 23.7 Å². The van der Waals surface area contributed by atoms with Crippen molar-refractivity contribution < 1.29 is 64.6 Å². The van der Waals surface area contributed by atoms with E-state index in [1.165, 1.54) is 19.3 Å². The van der Waals surface area contributed by atoms with Gasteiger partial charge in [-0.25, -0.2) is 0 Å². The Balaban J connectivity index is 1.52. The molecule has 2 aliphatic heterocycles. The van der Waals surface area contributed by atoms with Crippen LogP contribution in [0.5, 0.6) is 0 Å². The van der Waals surface area contributed by atoms with Crippen LogP contribution in [0.3, 0.4) is 0 Å². The third-order valence-electron chi connectivity index (χ3n) is 13.2. The lowest BCUT2D eigenvalue weighted by Crippen LogP contribution is -2.65. The largest absolute Gasteiger partial charge is 0.394 e. The molecule has 14 heteroatoms. The standard InChI is InChI=1S/C62H101NO13/c1-3-5-7-8-9-10-11-12-13-14-15-16-17-18-19-20-21-22-23-24-25-26-27-28-29-30-31-32-33-34-35-36-37-38-39-40-41-42-44-46-54(67)63-50(51(66)45-43-6-4-2)49-73-61-59(72)57(70)60(53(48-65)75-61)76-62-58(71)56(69)55(68)52(47-64)74-62/h5,7,9-10,12-13,15-16,18-19,21-22,24-25,27-28,30-31,33-34,50-53,55-62,64-66,68-72H,3-4,6,8,11,14,17,20,23,26,29,32,35-49H2,1-2H3,(H,63,67)/b7-5-,10-9-,13-12-,16-15-,19-18-,22-21-,25-24-,28-27-,31-30-,34-33-. The molecule has 14 nitrogen and oxygen atoms in total. The second-order valence-corrected chi connectivity index (χ2v) is 19.7. The van der Waals surface area contributed by atoms with E-state index < -0.39 is 86.8 Å². The zero-order valence-electron chi connectivity index (χ0n) is 46.2. The Morgan fingerprint density at radius 1 is 0.487 bits per heavy atom. The third kappa shape index (κ3) is 31.7. The van der Waals surface area contributed by atoms with Crippen molar-refractivity contribution in [3.63, 3.8) is 0 Å². The molecule has 12 atom stereocenters. The molecule has 0 aromatic heterocycles. The van der Waals surface area contributed by atoms with Gasteiger partial charge in [-0.2, -0.15) is 0 Å². The highest BCUT2D eigenvalue weighted by Gasteiger charge is 2.51. The van der Waals surface area contributed by atoms with E-state index in [0.717, 1.165) is 116 Å². The van der Waals surface area contributed by atoms with Gasteiger partial charge in [0.2, 0.25) is 5.91 Å². The van der Waals surface area contributed by atoms with Crippen LogP contribution in [0.1, 0.15) is 168 Å². The molecular formula is C62H101NO13. The first-order valence-corrected chi connectivity index (χ1v) is 28.8. The van der Waals surface area contributed by atoms with Gasteiger partial charge in [0.05, 0.1) is 32.0 Å². The van der Waals surface area contributed by atoms with Crippen molar-refractivity contribution in [3.8, 4) is 0 Å². The summed E-state index contributed by atoms with van der Waals surface area (Å²) < 4.78 is 22.5. The number of carbonyl (C=O) groups is 1. The smallest absolute Gasteiger partial charge is 0.220 e. The van der Waals surface area contributed by atoms with Crippen molar-refractivity contribution >= 4 is 5.91 Å². The van der Waals surface area contributed by atoms with Crippen molar-refractivity contribution in [2.24, 2.45) is 0 Å². The molecular weight excluding hydrogens is 967 g/mol. The molecule has 0 spiro atoms. The van der Waals surface area contributed by atoms with Crippen LogP contribution in [0, 0.1) is 0 Å². The van der Waals surface area contributed by atoms with E-state index in [9.17, 15) is 45.6 Å². The van der Waals surface area contributed by atoms with Gasteiger partial charge in [-0.3, -0.25) is 4.79 Å². The highest BCUT2D eigenvalue weighted by Crippen LogP contribution is 2.30. The Morgan fingerprint density at radius 3 is 1.37 bits per heavy atom. The fourth-order valence-electron chi connectivity index (χ4n) is 8.56. The summed E-state index contributed by atoms with van der Waals surface area (Å²) in [4.78, 5) is 13.0. The fourth-order valence-corrected chi connectivity index (χ4v) is 8.56. The van der Waals surface area contributed by atoms with Crippen LogP contribution in [0.4, 0.5) is 0 Å². The molecule has 1 amide bonds. The summed E-state index contributed by atoms with van der Waals surface area (Å²) in [6.07, 6.45) is 50.5. The molecule has 2 aliphatic rings. The maximum absolute atomic E-state index is 13.0. The molecule has 0 bridgehead atoms. The van der Waals surface area contributed by atoms with Gasteiger partial charge < -0.3 is 65.1 Å². The maximum atomic E-state index is 13.0. The predicted molar refractivity (Wildman–Crippen MR) is 304 cm³/mol. The Hall–Kier alpha value is -3.61. The molecule has 0 aromatic rings. The number of aliphatic hydroxyl groups is 8. The number of amides is 1. The normalized spacial score (nSPS) is 25.8. The summed E-state index contributed by atoms with van der Waals surface area (Å²) in [6, 6.07) is -0.837. The predicted octanol–water partition coefficient (Wildman–Crippen LogP) is 9.44. The van der Waals surface area contributed by atoms with Gasteiger partial charge in [-0.1, -0.05) is 193 Å². The lowest BCUT2D eigenvalue weighted by molar-refractivity contribution is -0.359. The summed E-state index contributed by atoms with van der Waals surface area (Å²) in [5.74, 6) is -0.234. The van der Waals surface area contributed by atoms with E-state index >= 15 is 0 Å². The molecule has 2 saturated heterocycles. The Kier molecular flexibility index (Phi) is 41.7. The lowest BCUT2D eigenvalue weighted by Gasteiger charge is -2.46. The second kappa shape index (κ2) is 46.3. The van der Waals surface area contributed by atoms with Gasteiger partial charge in [-0.05, 0) is 89.9 Å². The van der Waals surface area contributed by atoms with Crippen molar-refractivity contribution in [2.75, 3.05) is 19.8 Å². The minimum absolute atomic E-state index is 0.234. The maximum Gasteiger partial charge on any atom is 0.220 e. The SMILES string of the molecule is CC/C=C\C/C=C\C/C=C\C/C=C\C/C=C\C/C=C\C/C=C\C/C=C\C/C=C\C/C=C\CCCCCCCCCCC(=O)NC(COC1OC(CO)C(OC2OC(CO)C(O)C(O)C2O)C(O)C1O)C(O)CCCCC. The van der Waals surface area contributed by atoms with E-state index in [-0.39, 0.29) is 18.9 Å². The summed E-state index contributed by atoms with van der Waals surface area (Å²) in [7, 11) is 0. The van der Waals surface area contributed by atoms with E-state index in [1.807, 2.05) is 6.92 Å². The van der Waals surface area contributed by atoms with Crippen LogP contribution in [0.15, 0.2) is 122 Å². The van der Waals surface area contributed by atoms with Crippen LogP contribution >= 0.6 is 0 Å². The first-order chi connectivity index (χ1) is 37.1. The molecule has 0 radical (unpaired) electrons. The Labute approximate surface area is 457 Å². The van der Waals surface area contributed by atoms with Crippen LogP contribution in [0.2, 0.25) is 0 Å². The van der Waals surface area contributed by atoms with Crippen LogP contribution in [-0.4, -0.2) is 140 Å². The van der Waals surface area contributed by atoms with Gasteiger partial charge >= 0.3 is 0 Å². The summed E-state index contributed by atoms with van der Waals surface area (Å²) in [6.45, 7) is 2.52. The number of hydrogen-bond acceptors (Lipinski definition) is 13. The zero-order valence-corrected chi connectivity index (χ0v) is 46.2. The summed E-state index contributed by atoms with van der Waals surface area (Å²) >= 11 is 0. The molecule has 0 saturated carbocycles. The Bertz CT molecular complexity index is 1730. The Morgan fingerprint density at radius 2 is 0.908 bits per heavy atom. The highest BCUT2D eigenvalue weighted by atomic mass is 16.7. The second-order valence-electron chi connectivity index (χ2n) is 19.7. The molecule has 432 valence electrons. The van der Waals surface area contributed by atoms with E-state index in [4.69, 9.17) is 18.9 Å². The molecule has 0 aliphatic carbocycles. The molecule has 9 N–H and O–H groups in total. The van der Waals surface area contributed by atoms with Gasteiger partial charge in [0, 0.05) is 6.42 Å². The van der Waals surface area contributed by atoms with Gasteiger partial charge in [0.15, 0.2) is 12.6 Å². The van der Waals surface area contributed by atoms with Crippen LogP contribution < -0.4 is 5.32 Å². The fraction of sp³-hybridized carbons (Fsp3) is 0.661. The molecule has 2 rings (SSSR count). The molecule has 2 fully saturated rings. The topological polar surface area (TPSA) is 228 Å². The van der Waals surface area contributed by atoms with Gasteiger partial charge in [-0.15, -0.1) is 0 Å². The van der Waals surface area contributed by atoms with Crippen LogP contribution in [0.25, 0.3) is 0 Å². The van der Waals surface area contributed by atoms with Crippen molar-refractivity contribution in [3.05, 3.63) is 122 Å². The molecule has 76 heavy (non-hydrogen) atoms. The highest BCUT2D eigenvalue weighted by molar-refractivity contribution is 5.76. The number of hydrogen-bond donors (Lipinski definition) is 9. The lowest BCUT2D eigenvalue weighted by atomic mass is 9.97. The number of rotatable bonds is 43. The minimum atomic E-state index is -1.79. The number of unbranched alkanes of at least 4 members (excludes halogenated alkanes) is 10. The number of ether oxygens (including phenoxy) is 4. The third-order valence-corrected chi connectivity index (χ3v) is 13.2. The van der Waals surface area contributed by atoms with E-state index in [0.29, 0.717) is 12.8 Å². The minimum Gasteiger partial charge on any atom is -0.394 e. The molecule has 0 aromatic carbocycles. The number of aliphatic hydroxyl groups excluding tert-OH is 8. The number of nitrogens with one attached hydrogen (secondary N) is 1. The van der Waals surface area contributed by atoms with Gasteiger partial charge in [0.1, 0.15) is 48.8 Å². The first-order valence-electron chi connectivity index (χ1n) is 28.8. The molecule has 2 heterocycles. The first kappa shape index (κ1) is 68.5. The monoisotopic (exact) mass is 1070 g/mol. The summed E-state index contributed by atoms with van der Waals surface area (Å²) in [5, 5.41) is 86.1. The quantitative estimate of drug-likeness (QED) is 0.0205. The van der Waals surface area contributed by atoms with Gasteiger partial charge in [0.25, 0.3) is 0 Å². The van der Waals surface area contributed by atoms with Crippen molar-refractivity contribution in [1.29, 1.82) is 0 Å². The van der Waals surface area contributed by atoms with Crippen molar-refractivity contribution in [1.82, 2.24) is 5.32 Å². The average molecular weight is 1070 g/mol. The average Bonchev–Trinajstić information content (AvgIpc) is 3.42. The van der Waals surface area contributed by atoms with E-state index in [1.54, 1.807) is 0 Å². The van der Waals surface area contributed by atoms with Crippen molar-refractivity contribution in [2.45, 2.75) is 242 Å². The number of carbonyl (C=O) groups excluding carboxylic acids is 1. The number of allylic oxidation sites excluding steroid dienone is 20. The van der Waals surface area contributed by atoms with E-state index in [2.05, 4.69) is 134 Å². The zero-order chi connectivity index (χ0) is 55.3. The molecule has 12 unspecified atom stereocenters. The summed E-state index contributed by atoms with van der Waals surface area (Å²) in [5.41, 5.74) is 0.